The van der Waals surface area contributed by atoms with Crippen molar-refractivity contribution < 1.29 is 4.39 Å². The standard InChI is InChI=1S/C20H21FN6S/c21-14-3-4-26(8-14)17-2-1-13(6-23-17)19-25-15-7-24-18(5-16(15)28-19)27-11-20(12-27)9-22-10-20/h1-2,5-7,14,22H,3-4,8-12H2. The van der Waals surface area contributed by atoms with Gasteiger partial charge in [-0.1, -0.05) is 0 Å². The van der Waals surface area contributed by atoms with Gasteiger partial charge >= 0.3 is 0 Å². The van der Waals surface area contributed by atoms with Crippen LogP contribution in [0.2, 0.25) is 0 Å². The summed E-state index contributed by atoms with van der Waals surface area (Å²) in [6.07, 6.45) is 3.57. The molecule has 3 aromatic rings. The number of halogens is 1. The number of anilines is 2. The van der Waals surface area contributed by atoms with Crippen molar-refractivity contribution in [1.29, 1.82) is 0 Å². The summed E-state index contributed by atoms with van der Waals surface area (Å²) in [5, 5.41) is 4.31. The number of pyridine rings is 2. The minimum Gasteiger partial charge on any atom is -0.355 e. The van der Waals surface area contributed by atoms with Crippen LogP contribution in [0.1, 0.15) is 6.42 Å². The molecule has 6 nitrogen and oxygen atoms in total. The summed E-state index contributed by atoms with van der Waals surface area (Å²) >= 11 is 1.67. The first-order valence-electron chi connectivity index (χ1n) is 9.75. The van der Waals surface area contributed by atoms with Gasteiger partial charge < -0.3 is 15.1 Å². The summed E-state index contributed by atoms with van der Waals surface area (Å²) in [6.45, 7) is 5.61. The molecular weight excluding hydrogens is 375 g/mol. The molecule has 1 N–H and O–H groups in total. The van der Waals surface area contributed by atoms with Crippen LogP contribution in [0.15, 0.2) is 30.6 Å². The van der Waals surface area contributed by atoms with Crippen molar-refractivity contribution in [3.05, 3.63) is 30.6 Å². The largest absolute Gasteiger partial charge is 0.355 e. The fraction of sp³-hybridized carbons (Fsp3) is 0.450. The second-order valence-corrected chi connectivity index (χ2v) is 9.26. The van der Waals surface area contributed by atoms with E-state index < -0.39 is 6.17 Å². The highest BCUT2D eigenvalue weighted by Crippen LogP contribution is 2.38. The molecule has 3 saturated heterocycles. The highest BCUT2D eigenvalue weighted by atomic mass is 32.1. The molecule has 28 heavy (non-hydrogen) atoms. The Bertz CT molecular complexity index is 1020. The molecule has 0 amide bonds. The van der Waals surface area contributed by atoms with Crippen molar-refractivity contribution in [2.75, 3.05) is 49.1 Å². The number of hydrogen-bond donors (Lipinski definition) is 1. The van der Waals surface area contributed by atoms with Crippen molar-refractivity contribution in [3.8, 4) is 10.6 Å². The number of thiazole rings is 1. The lowest BCUT2D eigenvalue weighted by Gasteiger charge is -2.56. The molecule has 0 radical (unpaired) electrons. The van der Waals surface area contributed by atoms with Gasteiger partial charge in [-0.25, -0.2) is 19.3 Å². The van der Waals surface area contributed by atoms with E-state index in [2.05, 4.69) is 26.3 Å². The van der Waals surface area contributed by atoms with Crippen molar-refractivity contribution in [2.45, 2.75) is 12.6 Å². The molecule has 3 fully saturated rings. The minimum atomic E-state index is -0.741. The van der Waals surface area contributed by atoms with Crippen LogP contribution in [0.25, 0.3) is 20.8 Å². The van der Waals surface area contributed by atoms with E-state index in [0.29, 0.717) is 18.4 Å². The van der Waals surface area contributed by atoms with Crippen LogP contribution in [-0.4, -0.2) is 60.4 Å². The number of hydrogen-bond acceptors (Lipinski definition) is 7. The zero-order valence-electron chi connectivity index (χ0n) is 15.4. The van der Waals surface area contributed by atoms with Crippen LogP contribution in [0.4, 0.5) is 16.0 Å². The van der Waals surface area contributed by atoms with Crippen LogP contribution < -0.4 is 15.1 Å². The minimum absolute atomic E-state index is 0.440. The van der Waals surface area contributed by atoms with Crippen LogP contribution in [0.5, 0.6) is 0 Å². The topological polar surface area (TPSA) is 57.2 Å². The molecule has 0 aliphatic carbocycles. The Morgan fingerprint density at radius 3 is 2.64 bits per heavy atom. The number of aromatic nitrogens is 3. The van der Waals surface area contributed by atoms with E-state index in [-0.39, 0.29) is 0 Å². The monoisotopic (exact) mass is 396 g/mol. The van der Waals surface area contributed by atoms with Crippen LogP contribution >= 0.6 is 11.3 Å². The van der Waals surface area contributed by atoms with Gasteiger partial charge in [0.25, 0.3) is 0 Å². The predicted octanol–water partition coefficient (Wildman–Crippen LogP) is 2.71. The van der Waals surface area contributed by atoms with E-state index in [1.54, 1.807) is 11.3 Å². The summed E-state index contributed by atoms with van der Waals surface area (Å²) in [7, 11) is 0. The van der Waals surface area contributed by atoms with E-state index >= 15 is 0 Å². The molecule has 8 heteroatoms. The van der Waals surface area contributed by atoms with Gasteiger partial charge in [-0.15, -0.1) is 11.3 Å². The summed E-state index contributed by atoms with van der Waals surface area (Å²) in [5.41, 5.74) is 2.40. The molecule has 144 valence electrons. The van der Waals surface area contributed by atoms with Crippen LogP contribution in [-0.2, 0) is 0 Å². The molecule has 3 aliphatic heterocycles. The normalized spacial score (nSPS) is 23.2. The lowest BCUT2D eigenvalue weighted by Crippen LogP contribution is -2.71. The summed E-state index contributed by atoms with van der Waals surface area (Å²) in [4.78, 5) is 18.3. The van der Waals surface area contributed by atoms with E-state index in [0.717, 1.165) is 65.1 Å². The Balaban J connectivity index is 1.23. The molecule has 1 spiro atoms. The van der Waals surface area contributed by atoms with Crippen LogP contribution in [0, 0.1) is 5.41 Å². The van der Waals surface area contributed by atoms with E-state index in [1.165, 1.54) is 0 Å². The van der Waals surface area contributed by atoms with Crippen molar-refractivity contribution in [1.82, 2.24) is 20.3 Å². The predicted molar refractivity (Wildman–Crippen MR) is 110 cm³/mol. The third kappa shape index (κ3) is 2.66. The number of alkyl halides is 1. The Morgan fingerprint density at radius 1 is 1.11 bits per heavy atom. The van der Waals surface area contributed by atoms with Gasteiger partial charge in [0.2, 0.25) is 0 Å². The smallest absolute Gasteiger partial charge is 0.130 e. The molecular formula is C20H21FN6S. The van der Waals surface area contributed by atoms with Crippen molar-refractivity contribution in [3.63, 3.8) is 0 Å². The zero-order valence-corrected chi connectivity index (χ0v) is 16.3. The van der Waals surface area contributed by atoms with Crippen LogP contribution in [0.3, 0.4) is 0 Å². The molecule has 1 atom stereocenters. The van der Waals surface area contributed by atoms with Crippen molar-refractivity contribution >= 4 is 33.2 Å². The summed E-state index contributed by atoms with van der Waals surface area (Å²) < 4.78 is 14.6. The Morgan fingerprint density at radius 2 is 1.96 bits per heavy atom. The second-order valence-electron chi connectivity index (χ2n) is 8.23. The van der Waals surface area contributed by atoms with Gasteiger partial charge in [0.05, 0.1) is 17.4 Å². The molecule has 6 heterocycles. The average molecular weight is 396 g/mol. The van der Waals surface area contributed by atoms with E-state index in [9.17, 15) is 4.39 Å². The Hall–Kier alpha value is -2.32. The SMILES string of the molecule is FC1CCN(c2ccc(-c3nc4cnc(N5CC6(CNC6)C5)cc4s3)cn2)C1. The Labute approximate surface area is 166 Å². The lowest BCUT2D eigenvalue weighted by molar-refractivity contribution is 0.120. The zero-order chi connectivity index (χ0) is 18.7. The molecule has 0 saturated carbocycles. The molecule has 0 bridgehead atoms. The first-order valence-corrected chi connectivity index (χ1v) is 10.6. The average Bonchev–Trinajstić information content (AvgIpc) is 3.25. The summed E-state index contributed by atoms with van der Waals surface area (Å²) in [6, 6.07) is 6.15. The third-order valence-electron chi connectivity index (χ3n) is 6.09. The number of fused-ring (bicyclic) bond motifs is 1. The number of rotatable bonds is 3. The molecule has 3 aromatic heterocycles. The molecule has 3 aliphatic rings. The van der Waals surface area contributed by atoms with Gasteiger partial charge in [0.1, 0.15) is 28.3 Å². The molecule has 0 aromatic carbocycles. The first kappa shape index (κ1) is 16.6. The maximum atomic E-state index is 13.4. The van der Waals surface area contributed by atoms with Gasteiger partial charge in [-0.05, 0) is 18.6 Å². The van der Waals surface area contributed by atoms with Gasteiger partial charge in [0, 0.05) is 56.0 Å². The maximum Gasteiger partial charge on any atom is 0.130 e. The second kappa shape index (κ2) is 6.09. The highest BCUT2D eigenvalue weighted by Gasteiger charge is 2.47. The Kier molecular flexibility index (Phi) is 3.61. The van der Waals surface area contributed by atoms with E-state index in [4.69, 9.17) is 4.98 Å². The molecule has 6 rings (SSSR count). The lowest BCUT2D eigenvalue weighted by atomic mass is 9.74. The van der Waals surface area contributed by atoms with Gasteiger partial charge in [-0.3, -0.25) is 0 Å². The van der Waals surface area contributed by atoms with E-state index in [1.807, 2.05) is 29.4 Å². The summed E-state index contributed by atoms with van der Waals surface area (Å²) in [5.74, 6) is 1.88. The fourth-order valence-electron chi connectivity index (χ4n) is 4.37. The number of nitrogens with one attached hydrogen (secondary N) is 1. The quantitative estimate of drug-likeness (QED) is 0.735. The maximum absolute atomic E-state index is 13.4. The first-order chi connectivity index (χ1) is 13.7. The fourth-order valence-corrected chi connectivity index (χ4v) is 5.33. The number of nitrogens with zero attached hydrogens (tertiary/aromatic N) is 5. The third-order valence-corrected chi connectivity index (χ3v) is 7.15. The highest BCUT2D eigenvalue weighted by molar-refractivity contribution is 7.21. The van der Waals surface area contributed by atoms with Crippen molar-refractivity contribution in [2.24, 2.45) is 5.41 Å². The molecule has 1 unspecified atom stereocenters. The van der Waals surface area contributed by atoms with Gasteiger partial charge in [0.15, 0.2) is 0 Å². The van der Waals surface area contributed by atoms with Gasteiger partial charge in [-0.2, -0.15) is 0 Å².